The zero-order chi connectivity index (χ0) is 16.0. The van der Waals surface area contributed by atoms with E-state index in [1.54, 1.807) is 12.1 Å². The van der Waals surface area contributed by atoms with E-state index in [-0.39, 0.29) is 42.9 Å². The van der Waals surface area contributed by atoms with Crippen molar-refractivity contribution in [1.29, 1.82) is 0 Å². The summed E-state index contributed by atoms with van der Waals surface area (Å²) >= 11 is 0. The van der Waals surface area contributed by atoms with Crippen molar-refractivity contribution in [2.45, 2.75) is 46.1 Å². The number of amides is 1. The van der Waals surface area contributed by atoms with Crippen LogP contribution < -0.4 is 11.1 Å². The van der Waals surface area contributed by atoms with Crippen LogP contribution in [0, 0.1) is 12.8 Å². The molecular formula is C17H27ClN2O2. The number of hydrogen-bond acceptors (Lipinski definition) is 3. The number of ketones is 1. The second-order valence-corrected chi connectivity index (χ2v) is 6.11. The fourth-order valence-electron chi connectivity index (χ4n) is 1.92. The summed E-state index contributed by atoms with van der Waals surface area (Å²) in [6, 6.07) is 7.40. The van der Waals surface area contributed by atoms with Crippen molar-refractivity contribution in [2.75, 3.05) is 6.54 Å². The quantitative estimate of drug-likeness (QED) is 0.757. The minimum Gasteiger partial charge on any atom is -0.349 e. The molecule has 0 saturated heterocycles. The third kappa shape index (κ3) is 5.78. The molecule has 1 aromatic rings. The van der Waals surface area contributed by atoms with Crippen LogP contribution in [-0.4, -0.2) is 23.8 Å². The minimum absolute atomic E-state index is 0. The SMILES string of the molecule is Cc1ccc(C(=O)CCC(=O)NC(C)(CN)C(C)C)cc1.Cl. The van der Waals surface area contributed by atoms with E-state index in [9.17, 15) is 9.59 Å². The van der Waals surface area contributed by atoms with Gasteiger partial charge in [0.1, 0.15) is 0 Å². The van der Waals surface area contributed by atoms with E-state index in [1.807, 2.05) is 39.8 Å². The highest BCUT2D eigenvalue weighted by Crippen LogP contribution is 2.15. The van der Waals surface area contributed by atoms with Crippen LogP contribution in [0.15, 0.2) is 24.3 Å². The van der Waals surface area contributed by atoms with Gasteiger partial charge in [0, 0.05) is 24.9 Å². The van der Waals surface area contributed by atoms with Crippen LogP contribution in [0.3, 0.4) is 0 Å². The number of Topliss-reactive ketones (excluding diaryl/α,β-unsaturated/α-hetero) is 1. The Bertz CT molecular complexity index is 500. The van der Waals surface area contributed by atoms with Gasteiger partial charge in [-0.3, -0.25) is 9.59 Å². The average molecular weight is 327 g/mol. The molecule has 0 aromatic heterocycles. The number of nitrogens with one attached hydrogen (secondary N) is 1. The van der Waals surface area contributed by atoms with Gasteiger partial charge in [-0.1, -0.05) is 43.7 Å². The number of benzene rings is 1. The first-order chi connectivity index (χ1) is 9.78. The zero-order valence-corrected chi connectivity index (χ0v) is 14.6. The zero-order valence-electron chi connectivity index (χ0n) is 13.8. The van der Waals surface area contributed by atoms with Gasteiger partial charge in [0.15, 0.2) is 5.78 Å². The minimum atomic E-state index is -0.427. The standard InChI is InChI=1S/C17H26N2O2.ClH/c1-12(2)17(4,11-18)19-16(21)10-9-15(20)14-7-5-13(3)6-8-14;/h5-8,12H,9-11,18H2,1-4H3,(H,19,21);1H. The second kappa shape index (κ2) is 8.91. The monoisotopic (exact) mass is 326 g/mol. The molecule has 0 saturated carbocycles. The second-order valence-electron chi connectivity index (χ2n) is 6.11. The van der Waals surface area contributed by atoms with Crippen LogP contribution in [0.25, 0.3) is 0 Å². The van der Waals surface area contributed by atoms with E-state index in [0.717, 1.165) is 5.56 Å². The maximum absolute atomic E-state index is 12.0. The fraction of sp³-hybridized carbons (Fsp3) is 0.529. The van der Waals surface area contributed by atoms with Crippen LogP contribution in [-0.2, 0) is 4.79 Å². The van der Waals surface area contributed by atoms with Gasteiger partial charge >= 0.3 is 0 Å². The highest BCUT2D eigenvalue weighted by Gasteiger charge is 2.28. The molecule has 0 fully saturated rings. The number of rotatable bonds is 7. The Morgan fingerprint density at radius 3 is 2.18 bits per heavy atom. The van der Waals surface area contributed by atoms with Gasteiger partial charge in [0.05, 0.1) is 5.54 Å². The Morgan fingerprint density at radius 2 is 1.73 bits per heavy atom. The molecule has 1 amide bonds. The normalized spacial score (nSPS) is 13.2. The molecule has 1 unspecified atom stereocenters. The Morgan fingerprint density at radius 1 is 1.18 bits per heavy atom. The van der Waals surface area contributed by atoms with Gasteiger partial charge in [0.2, 0.25) is 5.91 Å². The van der Waals surface area contributed by atoms with Gasteiger partial charge < -0.3 is 11.1 Å². The summed E-state index contributed by atoms with van der Waals surface area (Å²) in [7, 11) is 0. The predicted molar refractivity (Wildman–Crippen MR) is 92.4 cm³/mol. The highest BCUT2D eigenvalue weighted by molar-refractivity contribution is 5.98. The van der Waals surface area contributed by atoms with Crippen molar-refractivity contribution >= 4 is 24.1 Å². The Balaban J connectivity index is 0.00000441. The van der Waals surface area contributed by atoms with Gasteiger partial charge in [-0.2, -0.15) is 0 Å². The third-order valence-electron chi connectivity index (χ3n) is 4.08. The van der Waals surface area contributed by atoms with Gasteiger partial charge in [0.25, 0.3) is 0 Å². The molecule has 0 aliphatic rings. The molecule has 0 aliphatic carbocycles. The number of carbonyl (C=O) groups excluding carboxylic acids is 2. The van der Waals surface area contributed by atoms with Crippen LogP contribution in [0.5, 0.6) is 0 Å². The molecule has 22 heavy (non-hydrogen) atoms. The van der Waals surface area contributed by atoms with E-state index in [0.29, 0.717) is 12.1 Å². The lowest BCUT2D eigenvalue weighted by molar-refractivity contribution is -0.123. The lowest BCUT2D eigenvalue weighted by atomic mass is 9.88. The van der Waals surface area contributed by atoms with E-state index >= 15 is 0 Å². The third-order valence-corrected chi connectivity index (χ3v) is 4.08. The average Bonchev–Trinajstić information content (AvgIpc) is 2.45. The number of nitrogens with two attached hydrogens (primary N) is 1. The summed E-state index contributed by atoms with van der Waals surface area (Å²) in [5, 5.41) is 2.94. The topological polar surface area (TPSA) is 72.2 Å². The molecule has 124 valence electrons. The van der Waals surface area contributed by atoms with E-state index in [2.05, 4.69) is 5.32 Å². The maximum Gasteiger partial charge on any atom is 0.220 e. The molecule has 3 N–H and O–H groups in total. The summed E-state index contributed by atoms with van der Waals surface area (Å²) in [5.41, 5.74) is 7.07. The summed E-state index contributed by atoms with van der Waals surface area (Å²) < 4.78 is 0. The van der Waals surface area contributed by atoms with Crippen molar-refractivity contribution in [3.63, 3.8) is 0 Å². The van der Waals surface area contributed by atoms with Crippen LogP contribution in [0.2, 0.25) is 0 Å². The molecule has 1 aromatic carbocycles. The number of hydrogen-bond donors (Lipinski definition) is 2. The van der Waals surface area contributed by atoms with E-state index in [1.165, 1.54) is 0 Å². The van der Waals surface area contributed by atoms with Gasteiger partial charge in [-0.05, 0) is 19.8 Å². The molecule has 0 spiro atoms. The van der Waals surface area contributed by atoms with Crippen molar-refractivity contribution in [2.24, 2.45) is 11.7 Å². The Kier molecular flexibility index (Phi) is 8.35. The Labute approximate surface area is 139 Å². The molecule has 0 bridgehead atoms. The molecule has 0 heterocycles. The lowest BCUT2D eigenvalue weighted by Crippen LogP contribution is -2.55. The lowest BCUT2D eigenvalue weighted by Gasteiger charge is -2.33. The molecule has 1 rings (SSSR count). The summed E-state index contributed by atoms with van der Waals surface area (Å²) in [5.74, 6) is 0.0977. The number of halogens is 1. The van der Waals surface area contributed by atoms with E-state index < -0.39 is 5.54 Å². The van der Waals surface area contributed by atoms with E-state index in [4.69, 9.17) is 5.73 Å². The first-order valence-corrected chi connectivity index (χ1v) is 7.39. The number of carbonyl (C=O) groups is 2. The van der Waals surface area contributed by atoms with Crippen molar-refractivity contribution in [1.82, 2.24) is 5.32 Å². The first kappa shape index (κ1) is 20.6. The molecular weight excluding hydrogens is 300 g/mol. The number of aryl methyl sites for hydroxylation is 1. The summed E-state index contributed by atoms with van der Waals surface area (Å²) in [6.07, 6.45) is 0.405. The molecule has 1 atom stereocenters. The van der Waals surface area contributed by atoms with Crippen LogP contribution in [0.1, 0.15) is 49.5 Å². The highest BCUT2D eigenvalue weighted by atomic mass is 35.5. The maximum atomic E-state index is 12.0. The fourth-order valence-corrected chi connectivity index (χ4v) is 1.92. The summed E-state index contributed by atoms with van der Waals surface area (Å²) in [4.78, 5) is 24.0. The largest absolute Gasteiger partial charge is 0.349 e. The first-order valence-electron chi connectivity index (χ1n) is 7.39. The Hall–Kier alpha value is -1.39. The van der Waals surface area contributed by atoms with Crippen molar-refractivity contribution in [3.05, 3.63) is 35.4 Å². The van der Waals surface area contributed by atoms with Gasteiger partial charge in [-0.15, -0.1) is 12.4 Å². The van der Waals surface area contributed by atoms with Crippen molar-refractivity contribution in [3.8, 4) is 0 Å². The molecule has 0 aliphatic heterocycles. The van der Waals surface area contributed by atoms with Crippen LogP contribution in [0.4, 0.5) is 0 Å². The van der Waals surface area contributed by atoms with Crippen LogP contribution >= 0.6 is 12.4 Å². The molecule has 5 heteroatoms. The predicted octanol–water partition coefficient (Wildman–Crippen LogP) is 2.87. The smallest absolute Gasteiger partial charge is 0.220 e. The molecule has 4 nitrogen and oxygen atoms in total. The van der Waals surface area contributed by atoms with Gasteiger partial charge in [-0.25, -0.2) is 0 Å². The van der Waals surface area contributed by atoms with Crippen molar-refractivity contribution < 1.29 is 9.59 Å². The summed E-state index contributed by atoms with van der Waals surface area (Å²) in [6.45, 7) is 8.32. The molecule has 0 radical (unpaired) electrons.